The minimum atomic E-state index is 0.224. The number of aliphatic imine (C=N–C) groups is 1. The largest absolute Gasteiger partial charge is 0.492 e. The first-order valence-corrected chi connectivity index (χ1v) is 11.5. The van der Waals surface area contributed by atoms with Gasteiger partial charge in [-0.3, -0.25) is 0 Å². The third-order valence-corrected chi connectivity index (χ3v) is 4.98. The molecule has 1 unspecified atom stereocenters. The number of nitrogens with one attached hydrogen (secondary N) is 2. The fourth-order valence-corrected chi connectivity index (χ4v) is 3.32. The third kappa shape index (κ3) is 13.2. The molecule has 0 aromatic heterocycles. The molecule has 31 heavy (non-hydrogen) atoms. The monoisotopic (exact) mass is 436 g/mol. The molecule has 0 aliphatic rings. The van der Waals surface area contributed by atoms with Crippen molar-refractivity contribution in [2.45, 2.75) is 40.2 Å². The summed E-state index contributed by atoms with van der Waals surface area (Å²) in [5, 5.41) is 16.1. The maximum atomic E-state index is 9.33. The number of ether oxygens (including phenoxy) is 2. The molecule has 0 spiro atoms. The van der Waals surface area contributed by atoms with E-state index in [4.69, 9.17) is 14.5 Å². The average molecular weight is 437 g/mol. The Kier molecular flexibility index (Phi) is 14.8. The Morgan fingerprint density at radius 3 is 2.65 bits per heavy atom. The molecule has 0 bridgehead atoms. The Morgan fingerprint density at radius 2 is 1.97 bits per heavy atom. The number of hydrogen-bond donors (Lipinski definition) is 3. The molecule has 0 radical (unpaired) electrons. The van der Waals surface area contributed by atoms with E-state index in [0.717, 1.165) is 62.9 Å². The van der Waals surface area contributed by atoms with Crippen molar-refractivity contribution in [2.75, 3.05) is 60.2 Å². The molecule has 0 aliphatic heterocycles. The second-order valence-electron chi connectivity index (χ2n) is 8.38. The Labute approximate surface area is 189 Å². The molecule has 7 heteroatoms. The van der Waals surface area contributed by atoms with Gasteiger partial charge in [0.05, 0.1) is 13.2 Å². The lowest BCUT2D eigenvalue weighted by Gasteiger charge is -2.20. The zero-order valence-corrected chi connectivity index (χ0v) is 20.2. The number of likely N-dealkylation sites (N-methyl/N-ethyl adjacent to an activating group) is 1. The van der Waals surface area contributed by atoms with Crippen molar-refractivity contribution in [3.63, 3.8) is 0 Å². The molecule has 0 heterocycles. The molecule has 178 valence electrons. The molecule has 0 aliphatic carbocycles. The Hall–Kier alpha value is -1.83. The van der Waals surface area contributed by atoms with E-state index >= 15 is 0 Å². The highest BCUT2D eigenvalue weighted by Gasteiger charge is 2.11. The van der Waals surface area contributed by atoms with E-state index in [-0.39, 0.29) is 6.61 Å². The van der Waals surface area contributed by atoms with Gasteiger partial charge in [0, 0.05) is 39.9 Å². The number of benzene rings is 1. The molecular formula is C24H44N4O3. The smallest absolute Gasteiger partial charge is 0.191 e. The van der Waals surface area contributed by atoms with Crippen molar-refractivity contribution < 1.29 is 14.6 Å². The highest BCUT2D eigenvalue weighted by Crippen LogP contribution is 2.15. The minimum Gasteiger partial charge on any atom is -0.492 e. The highest BCUT2D eigenvalue weighted by molar-refractivity contribution is 5.79. The highest BCUT2D eigenvalue weighted by atomic mass is 16.5. The van der Waals surface area contributed by atoms with Crippen LogP contribution in [0.15, 0.2) is 29.3 Å². The summed E-state index contributed by atoms with van der Waals surface area (Å²) in [6, 6.07) is 8.11. The van der Waals surface area contributed by atoms with Crippen molar-refractivity contribution in [2.24, 2.45) is 16.8 Å². The van der Waals surface area contributed by atoms with Crippen LogP contribution in [0, 0.1) is 11.8 Å². The van der Waals surface area contributed by atoms with Crippen LogP contribution in [0.2, 0.25) is 0 Å². The molecule has 3 N–H and O–H groups in total. The predicted octanol–water partition coefficient (Wildman–Crippen LogP) is 2.74. The number of nitrogens with zero attached hydrogens (tertiary/aromatic N) is 2. The summed E-state index contributed by atoms with van der Waals surface area (Å²) >= 11 is 0. The summed E-state index contributed by atoms with van der Waals surface area (Å²) in [5.41, 5.74) is 1.11. The minimum absolute atomic E-state index is 0.224. The maximum Gasteiger partial charge on any atom is 0.191 e. The third-order valence-electron chi connectivity index (χ3n) is 4.98. The number of aliphatic hydroxyl groups excluding tert-OH is 1. The lowest BCUT2D eigenvalue weighted by atomic mass is 9.94. The second-order valence-corrected chi connectivity index (χ2v) is 8.38. The zero-order valence-electron chi connectivity index (χ0n) is 20.2. The molecule has 0 saturated carbocycles. The summed E-state index contributed by atoms with van der Waals surface area (Å²) < 4.78 is 11.0. The first kappa shape index (κ1) is 27.2. The number of hydrogen-bond acceptors (Lipinski definition) is 5. The maximum absolute atomic E-state index is 9.33. The Morgan fingerprint density at radius 1 is 1.19 bits per heavy atom. The zero-order chi connectivity index (χ0) is 22.9. The Bertz CT molecular complexity index is 610. The van der Waals surface area contributed by atoms with E-state index < -0.39 is 0 Å². The van der Waals surface area contributed by atoms with Gasteiger partial charge < -0.3 is 30.1 Å². The van der Waals surface area contributed by atoms with Crippen molar-refractivity contribution in [1.29, 1.82) is 0 Å². The fraction of sp³-hybridized carbons (Fsp3) is 0.708. The molecule has 0 saturated heterocycles. The molecule has 7 nitrogen and oxygen atoms in total. The molecule has 1 rings (SSSR count). The molecule has 1 aromatic rings. The summed E-state index contributed by atoms with van der Waals surface area (Å²) in [6.45, 7) is 12.0. The lowest BCUT2D eigenvalue weighted by Crippen LogP contribution is -2.40. The van der Waals surface area contributed by atoms with Gasteiger partial charge in [0.2, 0.25) is 0 Å². The van der Waals surface area contributed by atoms with Crippen molar-refractivity contribution in [3.05, 3.63) is 29.8 Å². The number of rotatable bonds is 16. The van der Waals surface area contributed by atoms with Crippen molar-refractivity contribution >= 4 is 5.96 Å². The van der Waals surface area contributed by atoms with E-state index in [9.17, 15) is 5.11 Å². The second kappa shape index (κ2) is 16.8. The van der Waals surface area contributed by atoms with Crippen molar-refractivity contribution in [3.8, 4) is 5.75 Å². The van der Waals surface area contributed by atoms with Gasteiger partial charge in [-0.05, 0) is 56.3 Å². The van der Waals surface area contributed by atoms with E-state index in [0.29, 0.717) is 25.0 Å². The standard InChI is InChI=1S/C24H44N4O3/c1-6-25-24(27-19-22(10-13-29)16-20(2)3)26-18-21-8-7-9-23(17-21)31-15-12-28(4)11-14-30-5/h7-9,17,20,22,29H,6,10-16,18-19H2,1-5H3,(H2,25,26,27). The molecule has 0 amide bonds. The topological polar surface area (TPSA) is 78.4 Å². The number of guanidine groups is 1. The van der Waals surface area contributed by atoms with Crippen LogP contribution in [0.4, 0.5) is 0 Å². The Balaban J connectivity index is 2.58. The van der Waals surface area contributed by atoms with Gasteiger partial charge in [0.25, 0.3) is 0 Å². The van der Waals surface area contributed by atoms with Crippen LogP contribution in [0.1, 0.15) is 39.2 Å². The van der Waals surface area contributed by atoms with Crippen LogP contribution in [0.25, 0.3) is 0 Å². The molecule has 1 atom stereocenters. The number of aliphatic hydroxyl groups is 1. The van der Waals surface area contributed by atoms with Crippen molar-refractivity contribution in [1.82, 2.24) is 15.5 Å². The molecule has 1 aromatic carbocycles. The van der Waals surface area contributed by atoms with E-state index in [1.165, 1.54) is 0 Å². The van der Waals surface area contributed by atoms with Crippen LogP contribution in [-0.4, -0.2) is 76.1 Å². The van der Waals surface area contributed by atoms with E-state index in [1.54, 1.807) is 7.11 Å². The van der Waals surface area contributed by atoms with Gasteiger partial charge in [-0.2, -0.15) is 0 Å². The van der Waals surface area contributed by atoms with E-state index in [2.05, 4.69) is 55.5 Å². The summed E-state index contributed by atoms with van der Waals surface area (Å²) in [6.07, 6.45) is 1.90. The van der Waals surface area contributed by atoms with Crippen LogP contribution >= 0.6 is 0 Å². The number of methoxy groups -OCH3 is 1. The van der Waals surface area contributed by atoms with Crippen LogP contribution in [0.5, 0.6) is 5.75 Å². The summed E-state index contributed by atoms with van der Waals surface area (Å²) in [5.74, 6) is 2.72. The first-order chi connectivity index (χ1) is 15.0. The fourth-order valence-electron chi connectivity index (χ4n) is 3.32. The van der Waals surface area contributed by atoms with Crippen LogP contribution < -0.4 is 15.4 Å². The van der Waals surface area contributed by atoms with Gasteiger partial charge in [0.1, 0.15) is 12.4 Å². The van der Waals surface area contributed by atoms with Gasteiger partial charge in [0.15, 0.2) is 5.96 Å². The molecular weight excluding hydrogens is 392 g/mol. The van der Waals surface area contributed by atoms with Gasteiger partial charge in [-0.15, -0.1) is 0 Å². The SMILES string of the molecule is CCNC(=NCc1cccc(OCCN(C)CCOC)c1)NCC(CCO)CC(C)C. The first-order valence-electron chi connectivity index (χ1n) is 11.5. The predicted molar refractivity (Wildman–Crippen MR) is 129 cm³/mol. The van der Waals surface area contributed by atoms with Gasteiger partial charge in [-0.25, -0.2) is 4.99 Å². The molecule has 0 fully saturated rings. The summed E-state index contributed by atoms with van der Waals surface area (Å²) in [7, 11) is 3.78. The average Bonchev–Trinajstić information content (AvgIpc) is 2.74. The summed E-state index contributed by atoms with van der Waals surface area (Å²) in [4.78, 5) is 6.92. The lowest BCUT2D eigenvalue weighted by molar-refractivity contribution is 0.150. The van der Waals surface area contributed by atoms with Crippen LogP contribution in [0.3, 0.4) is 0 Å². The van der Waals surface area contributed by atoms with Gasteiger partial charge >= 0.3 is 0 Å². The quantitative estimate of drug-likeness (QED) is 0.273. The normalized spacial score (nSPS) is 13.0. The van der Waals surface area contributed by atoms with Gasteiger partial charge in [-0.1, -0.05) is 26.0 Å². The van der Waals surface area contributed by atoms with Crippen LogP contribution in [-0.2, 0) is 11.3 Å². The van der Waals surface area contributed by atoms with E-state index in [1.807, 2.05) is 12.1 Å².